The summed E-state index contributed by atoms with van der Waals surface area (Å²) in [5.41, 5.74) is 1.93. The molecule has 0 aliphatic rings. The summed E-state index contributed by atoms with van der Waals surface area (Å²) in [4.78, 5) is 1.05. The number of aryl methyl sites for hydroxylation is 2. The number of halogens is 1. The average molecular weight is 351 g/mol. The van der Waals surface area contributed by atoms with Crippen molar-refractivity contribution >= 4 is 33.5 Å². The quantitative estimate of drug-likeness (QED) is 0.682. The van der Waals surface area contributed by atoms with Gasteiger partial charge >= 0.3 is 0 Å². The lowest BCUT2D eigenvalue weighted by atomic mass is 10.4. The van der Waals surface area contributed by atoms with Crippen LogP contribution >= 0.6 is 27.3 Å². The topological polar surface area (TPSA) is 60.9 Å². The number of aromatic nitrogens is 5. The van der Waals surface area contributed by atoms with Crippen molar-refractivity contribution in [3.8, 4) is 5.95 Å². The number of hydrogen-bond acceptors (Lipinski definition) is 5. The maximum atomic E-state index is 4.39. The van der Waals surface area contributed by atoms with Crippen LogP contribution in [0.2, 0.25) is 0 Å². The van der Waals surface area contributed by atoms with Gasteiger partial charge in [0, 0.05) is 20.4 Å². The van der Waals surface area contributed by atoms with Crippen molar-refractivity contribution in [1.82, 2.24) is 24.7 Å². The molecule has 3 rings (SSSR count). The Kier molecular flexibility index (Phi) is 3.49. The smallest absolute Gasteiger partial charge is 0.202 e. The molecule has 0 atom stereocenters. The van der Waals surface area contributed by atoms with Crippen molar-refractivity contribution in [1.29, 1.82) is 0 Å². The third-order valence-electron chi connectivity index (χ3n) is 2.61. The standard InChI is InChI=1S/C12H11BrN6S/c1-8-3-9(2)19(17-8)12-16-14-7-18(12)15-5-11-4-10(13)6-20-11/h3-7H,1-2H3/b15-5-. The highest BCUT2D eigenvalue weighted by Gasteiger charge is 2.10. The van der Waals surface area contributed by atoms with E-state index in [1.54, 1.807) is 33.2 Å². The highest BCUT2D eigenvalue weighted by Crippen LogP contribution is 2.18. The molecule has 3 aromatic rings. The molecule has 3 aromatic heterocycles. The van der Waals surface area contributed by atoms with Crippen molar-refractivity contribution in [2.45, 2.75) is 13.8 Å². The zero-order valence-electron chi connectivity index (χ0n) is 10.9. The van der Waals surface area contributed by atoms with Gasteiger partial charge in [-0.1, -0.05) is 0 Å². The molecule has 0 unspecified atom stereocenters. The van der Waals surface area contributed by atoms with Gasteiger partial charge in [0.25, 0.3) is 5.95 Å². The van der Waals surface area contributed by atoms with Crippen LogP contribution in [0, 0.1) is 13.8 Å². The second kappa shape index (κ2) is 5.29. The Morgan fingerprint density at radius 3 is 2.85 bits per heavy atom. The van der Waals surface area contributed by atoms with Crippen LogP contribution in [-0.2, 0) is 0 Å². The molecule has 0 aliphatic carbocycles. The molecule has 0 saturated carbocycles. The van der Waals surface area contributed by atoms with Gasteiger partial charge in [0.1, 0.15) is 6.33 Å². The highest BCUT2D eigenvalue weighted by atomic mass is 79.9. The third-order valence-corrected chi connectivity index (χ3v) is 4.24. The van der Waals surface area contributed by atoms with E-state index < -0.39 is 0 Å². The molecule has 0 aromatic carbocycles. The van der Waals surface area contributed by atoms with Crippen molar-refractivity contribution in [3.63, 3.8) is 0 Å². The minimum atomic E-state index is 0.572. The molecule has 20 heavy (non-hydrogen) atoms. The lowest BCUT2D eigenvalue weighted by molar-refractivity contribution is 0.717. The van der Waals surface area contributed by atoms with E-state index >= 15 is 0 Å². The van der Waals surface area contributed by atoms with Crippen molar-refractivity contribution in [3.05, 3.63) is 44.6 Å². The predicted octanol–water partition coefficient (Wildman–Crippen LogP) is 2.79. The molecule has 0 bridgehead atoms. The zero-order valence-corrected chi connectivity index (χ0v) is 13.3. The Morgan fingerprint density at radius 2 is 2.20 bits per heavy atom. The average Bonchev–Trinajstić information content (AvgIpc) is 3.07. The number of nitrogens with zero attached hydrogens (tertiary/aromatic N) is 6. The molecule has 0 fully saturated rings. The van der Waals surface area contributed by atoms with E-state index in [0.717, 1.165) is 20.7 Å². The van der Waals surface area contributed by atoms with E-state index in [2.05, 4.69) is 36.3 Å². The van der Waals surface area contributed by atoms with Crippen LogP contribution in [0.5, 0.6) is 0 Å². The number of rotatable bonds is 3. The van der Waals surface area contributed by atoms with E-state index in [-0.39, 0.29) is 0 Å². The van der Waals surface area contributed by atoms with E-state index in [1.165, 1.54) is 0 Å². The zero-order chi connectivity index (χ0) is 14.1. The lowest BCUT2D eigenvalue weighted by Crippen LogP contribution is -2.06. The normalized spacial score (nSPS) is 11.6. The molecule has 0 N–H and O–H groups in total. The summed E-state index contributed by atoms with van der Waals surface area (Å²) in [6.07, 6.45) is 3.33. The molecule has 0 aliphatic heterocycles. The van der Waals surface area contributed by atoms with Gasteiger partial charge in [-0.05, 0) is 41.9 Å². The van der Waals surface area contributed by atoms with Crippen LogP contribution in [0.15, 0.2) is 33.4 Å². The van der Waals surface area contributed by atoms with Crippen LogP contribution in [0.1, 0.15) is 16.3 Å². The summed E-state index contributed by atoms with van der Waals surface area (Å²) in [5.74, 6) is 0.572. The Morgan fingerprint density at radius 1 is 1.35 bits per heavy atom. The first kappa shape index (κ1) is 13.2. The Labute approximate surface area is 127 Å². The van der Waals surface area contributed by atoms with Gasteiger partial charge in [0.15, 0.2) is 0 Å². The summed E-state index contributed by atoms with van der Waals surface area (Å²) in [6.45, 7) is 3.91. The molecule has 8 heteroatoms. The highest BCUT2D eigenvalue weighted by molar-refractivity contribution is 9.10. The second-order valence-electron chi connectivity index (χ2n) is 4.23. The lowest BCUT2D eigenvalue weighted by Gasteiger charge is -2.01. The largest absolute Gasteiger partial charge is 0.273 e. The minimum Gasteiger partial charge on any atom is -0.202 e. The number of thiophene rings is 1. The van der Waals surface area contributed by atoms with Crippen molar-refractivity contribution < 1.29 is 0 Å². The molecule has 6 nitrogen and oxygen atoms in total. The Hall–Kier alpha value is -1.80. The maximum Gasteiger partial charge on any atom is 0.273 e. The van der Waals surface area contributed by atoms with E-state index in [9.17, 15) is 0 Å². The van der Waals surface area contributed by atoms with Gasteiger partial charge in [-0.25, -0.2) is 4.68 Å². The molecular weight excluding hydrogens is 340 g/mol. The van der Waals surface area contributed by atoms with E-state index in [4.69, 9.17) is 0 Å². The van der Waals surface area contributed by atoms with Gasteiger partial charge in [0.2, 0.25) is 0 Å². The van der Waals surface area contributed by atoms with Gasteiger partial charge in [-0.2, -0.15) is 14.9 Å². The van der Waals surface area contributed by atoms with Crippen LogP contribution in [0.25, 0.3) is 5.95 Å². The first-order chi connectivity index (χ1) is 9.63. The maximum absolute atomic E-state index is 4.39. The van der Waals surface area contributed by atoms with E-state index in [1.807, 2.05) is 31.4 Å². The third kappa shape index (κ3) is 2.56. The predicted molar refractivity (Wildman–Crippen MR) is 81.6 cm³/mol. The molecule has 0 amide bonds. The molecule has 0 saturated heterocycles. The molecule has 102 valence electrons. The minimum absolute atomic E-state index is 0.572. The fraction of sp³-hybridized carbons (Fsp3) is 0.167. The summed E-state index contributed by atoms with van der Waals surface area (Å²) >= 11 is 5.03. The second-order valence-corrected chi connectivity index (χ2v) is 6.08. The van der Waals surface area contributed by atoms with Gasteiger partial charge in [-0.3, -0.25) is 0 Å². The first-order valence-corrected chi connectivity index (χ1v) is 7.53. The molecular formula is C12H11BrN6S. The fourth-order valence-corrected chi connectivity index (χ4v) is 3.09. The van der Waals surface area contributed by atoms with Gasteiger partial charge < -0.3 is 0 Å². The number of hydrogen-bond donors (Lipinski definition) is 0. The van der Waals surface area contributed by atoms with Crippen molar-refractivity contribution in [2.75, 3.05) is 0 Å². The van der Waals surface area contributed by atoms with Gasteiger partial charge in [-0.15, -0.1) is 21.5 Å². The fourth-order valence-electron chi connectivity index (χ4n) is 1.79. The monoisotopic (exact) mass is 350 g/mol. The molecule has 3 heterocycles. The molecule has 0 spiro atoms. The van der Waals surface area contributed by atoms with Crippen molar-refractivity contribution in [2.24, 2.45) is 5.10 Å². The summed E-state index contributed by atoms with van der Waals surface area (Å²) in [6, 6.07) is 3.99. The van der Waals surface area contributed by atoms with Crippen LogP contribution in [0.3, 0.4) is 0 Å². The first-order valence-electron chi connectivity index (χ1n) is 5.85. The summed E-state index contributed by atoms with van der Waals surface area (Å²) < 4.78 is 4.38. The molecule has 0 radical (unpaired) electrons. The van der Waals surface area contributed by atoms with Crippen LogP contribution < -0.4 is 0 Å². The summed E-state index contributed by atoms with van der Waals surface area (Å²) in [7, 11) is 0. The Balaban J connectivity index is 1.94. The summed E-state index contributed by atoms with van der Waals surface area (Å²) in [5, 5.41) is 18.7. The Bertz CT molecular complexity index is 769. The van der Waals surface area contributed by atoms with Gasteiger partial charge in [0.05, 0.1) is 11.9 Å². The van der Waals surface area contributed by atoms with Crippen LogP contribution in [0.4, 0.5) is 0 Å². The van der Waals surface area contributed by atoms with E-state index in [0.29, 0.717) is 5.95 Å². The van der Waals surface area contributed by atoms with Crippen LogP contribution in [-0.4, -0.2) is 30.9 Å². The SMILES string of the molecule is Cc1cc(C)n(-c2nncn2/N=C\c2cc(Br)cs2)n1.